The quantitative estimate of drug-likeness (QED) is 0.439. The average Bonchev–Trinajstić information content (AvgIpc) is 2.95. The van der Waals surface area contributed by atoms with E-state index in [1.54, 1.807) is 17.4 Å². The monoisotopic (exact) mass is 512 g/mol. The van der Waals surface area contributed by atoms with Crippen LogP contribution < -0.4 is 10.6 Å². The van der Waals surface area contributed by atoms with E-state index in [4.69, 9.17) is 0 Å². The van der Waals surface area contributed by atoms with E-state index in [-0.39, 0.29) is 17.1 Å². The molecule has 2 aliphatic rings. The van der Waals surface area contributed by atoms with Crippen LogP contribution in [-0.2, 0) is 12.8 Å². The molecule has 0 radical (unpaired) electrons. The number of amides is 1. The van der Waals surface area contributed by atoms with Crippen LogP contribution in [0.1, 0.15) is 59.7 Å². The molecule has 4 nitrogen and oxygen atoms in total. The van der Waals surface area contributed by atoms with E-state index in [9.17, 15) is 9.90 Å². The number of fused-ring (bicyclic) bond motifs is 3. The van der Waals surface area contributed by atoms with Crippen molar-refractivity contribution in [2.75, 3.05) is 5.32 Å². The fourth-order valence-corrected chi connectivity index (χ4v) is 6.61. The van der Waals surface area contributed by atoms with E-state index >= 15 is 0 Å². The second-order valence-corrected chi connectivity index (χ2v) is 11.3. The van der Waals surface area contributed by atoms with Gasteiger partial charge >= 0.3 is 0 Å². The first kappa shape index (κ1) is 19.3. The van der Waals surface area contributed by atoms with Crippen molar-refractivity contribution in [1.29, 1.82) is 0 Å². The number of carbonyl (C=O) groups excluding carboxylic acids is 1. The van der Waals surface area contributed by atoms with E-state index in [1.165, 1.54) is 10.4 Å². The lowest BCUT2D eigenvalue weighted by atomic mass is 9.72. The third kappa shape index (κ3) is 3.42. The first-order chi connectivity index (χ1) is 12.6. The first-order valence-corrected chi connectivity index (χ1v) is 11.4. The number of hydrogen-bond donors (Lipinski definition) is 3. The average molecular weight is 514 g/mol. The zero-order valence-corrected chi connectivity index (χ0v) is 19.4. The van der Waals surface area contributed by atoms with Gasteiger partial charge in [0, 0.05) is 14.9 Å². The maximum Gasteiger partial charge on any atom is 0.256 e. The molecular formula is C20H22Br2N2O2S. The van der Waals surface area contributed by atoms with E-state index in [0.717, 1.165) is 34.3 Å². The Bertz CT molecular complexity index is 933. The minimum absolute atomic E-state index is 0.0593. The second-order valence-electron chi connectivity index (χ2n) is 8.39. The number of phenols is 1. The molecule has 1 aromatic carbocycles. The predicted molar refractivity (Wildman–Crippen MR) is 117 cm³/mol. The van der Waals surface area contributed by atoms with Gasteiger partial charge in [0.2, 0.25) is 0 Å². The largest absolute Gasteiger partial charge is 0.506 e. The standard InChI is InChI=1S/C20H22Br2N2O2S/c1-20(2,3)9-4-5-11-14(6-9)27-19-15(11)18(26)23-17(24-19)12-7-10(21)8-13(22)16(12)25/h7-9,17,24-25H,4-6H2,1-3H3,(H,23,26)/t9-,17+/m1/s1. The van der Waals surface area contributed by atoms with Crippen LogP contribution in [0.3, 0.4) is 0 Å². The summed E-state index contributed by atoms with van der Waals surface area (Å²) in [4.78, 5) is 14.2. The van der Waals surface area contributed by atoms with E-state index in [2.05, 4.69) is 63.3 Å². The Kier molecular flexibility index (Phi) is 4.84. The molecule has 4 rings (SSSR count). The Hall–Kier alpha value is -1.05. The molecule has 0 spiro atoms. The highest BCUT2D eigenvalue weighted by Crippen LogP contribution is 2.47. The number of hydrogen-bond acceptors (Lipinski definition) is 4. The van der Waals surface area contributed by atoms with Crippen molar-refractivity contribution in [1.82, 2.24) is 5.32 Å². The summed E-state index contributed by atoms with van der Waals surface area (Å²) < 4.78 is 1.43. The molecule has 0 saturated heterocycles. The topological polar surface area (TPSA) is 61.4 Å². The third-order valence-corrected chi connectivity index (χ3v) is 7.88. The van der Waals surface area contributed by atoms with Crippen LogP contribution >= 0.6 is 43.2 Å². The molecule has 144 valence electrons. The summed E-state index contributed by atoms with van der Waals surface area (Å²) in [6.07, 6.45) is 2.65. The van der Waals surface area contributed by atoms with Gasteiger partial charge in [0.25, 0.3) is 5.91 Å². The molecule has 1 amide bonds. The number of halogens is 2. The van der Waals surface area contributed by atoms with Gasteiger partial charge in [-0.2, -0.15) is 0 Å². The molecule has 7 heteroatoms. The molecule has 0 saturated carbocycles. The summed E-state index contributed by atoms with van der Waals surface area (Å²) in [5.41, 5.74) is 2.91. The Morgan fingerprint density at radius 3 is 2.67 bits per heavy atom. The van der Waals surface area contributed by atoms with Crippen LogP contribution in [0.2, 0.25) is 0 Å². The number of nitrogens with one attached hydrogen (secondary N) is 2. The highest BCUT2D eigenvalue weighted by Gasteiger charge is 2.37. The lowest BCUT2D eigenvalue weighted by Gasteiger charge is -2.34. The number of anilines is 1. The van der Waals surface area contributed by atoms with Crippen LogP contribution in [0, 0.1) is 11.3 Å². The van der Waals surface area contributed by atoms with Gasteiger partial charge in [-0.1, -0.05) is 36.7 Å². The van der Waals surface area contributed by atoms with Crippen LogP contribution in [0.5, 0.6) is 5.75 Å². The fourth-order valence-electron chi connectivity index (χ4n) is 4.00. The van der Waals surface area contributed by atoms with E-state index in [1.807, 2.05) is 6.07 Å². The molecule has 0 fully saturated rings. The molecule has 0 bridgehead atoms. The van der Waals surface area contributed by atoms with Gasteiger partial charge in [-0.3, -0.25) is 4.79 Å². The summed E-state index contributed by atoms with van der Waals surface area (Å²) in [5, 5.41) is 17.8. The number of aromatic hydroxyl groups is 1. The summed E-state index contributed by atoms with van der Waals surface area (Å²) in [6, 6.07) is 3.61. The first-order valence-electron chi connectivity index (χ1n) is 9.05. The molecule has 2 heterocycles. The van der Waals surface area contributed by atoms with Crippen LogP contribution in [-0.4, -0.2) is 11.0 Å². The fraction of sp³-hybridized carbons (Fsp3) is 0.450. The molecule has 3 N–H and O–H groups in total. The lowest BCUT2D eigenvalue weighted by Crippen LogP contribution is -2.38. The number of thiophene rings is 1. The molecule has 1 aromatic heterocycles. The maximum atomic E-state index is 12.9. The van der Waals surface area contributed by atoms with Gasteiger partial charge in [0.1, 0.15) is 16.9 Å². The third-order valence-electron chi connectivity index (χ3n) is 5.64. The number of rotatable bonds is 1. The van der Waals surface area contributed by atoms with Gasteiger partial charge < -0.3 is 15.7 Å². The molecule has 2 atom stereocenters. The minimum atomic E-state index is -0.461. The van der Waals surface area contributed by atoms with Gasteiger partial charge in [-0.15, -0.1) is 11.3 Å². The molecule has 1 aliphatic carbocycles. The van der Waals surface area contributed by atoms with Crippen molar-refractivity contribution in [3.05, 3.63) is 42.6 Å². The Labute approximate surface area is 180 Å². The molecule has 0 unspecified atom stereocenters. The summed E-state index contributed by atoms with van der Waals surface area (Å²) >= 11 is 8.51. The SMILES string of the molecule is CC(C)(C)[C@@H]1CCc2c(sc3c2C(=O)N[C@H](c2cc(Br)cc(Br)c2O)N3)C1. The van der Waals surface area contributed by atoms with E-state index in [0.29, 0.717) is 16.0 Å². The Balaban J connectivity index is 1.69. The normalized spacial score (nSPS) is 21.9. The van der Waals surface area contributed by atoms with Crippen molar-refractivity contribution in [2.45, 2.75) is 46.2 Å². The zero-order chi connectivity index (χ0) is 19.5. The highest BCUT2D eigenvalue weighted by molar-refractivity contribution is 9.11. The Morgan fingerprint density at radius 2 is 1.96 bits per heavy atom. The molecular weight excluding hydrogens is 492 g/mol. The maximum absolute atomic E-state index is 12.9. The number of carbonyl (C=O) groups is 1. The van der Waals surface area contributed by atoms with Gasteiger partial charge in [-0.05, 0) is 64.2 Å². The molecule has 1 aliphatic heterocycles. The number of benzene rings is 1. The van der Waals surface area contributed by atoms with Crippen molar-refractivity contribution >= 4 is 54.1 Å². The van der Waals surface area contributed by atoms with Crippen LogP contribution in [0.4, 0.5) is 5.00 Å². The smallest absolute Gasteiger partial charge is 0.256 e. The summed E-state index contributed by atoms with van der Waals surface area (Å²) in [6.45, 7) is 6.89. The van der Waals surface area contributed by atoms with Crippen molar-refractivity contribution in [2.24, 2.45) is 11.3 Å². The van der Waals surface area contributed by atoms with Crippen molar-refractivity contribution in [3.63, 3.8) is 0 Å². The van der Waals surface area contributed by atoms with Crippen LogP contribution in [0.25, 0.3) is 0 Å². The Morgan fingerprint density at radius 1 is 1.22 bits per heavy atom. The van der Waals surface area contributed by atoms with E-state index < -0.39 is 6.17 Å². The summed E-state index contributed by atoms with van der Waals surface area (Å²) in [7, 11) is 0. The second kappa shape index (κ2) is 6.78. The van der Waals surface area contributed by atoms with Gasteiger partial charge in [-0.25, -0.2) is 0 Å². The minimum Gasteiger partial charge on any atom is -0.506 e. The lowest BCUT2D eigenvalue weighted by molar-refractivity contribution is 0.0934. The van der Waals surface area contributed by atoms with Gasteiger partial charge in [0.15, 0.2) is 0 Å². The van der Waals surface area contributed by atoms with Crippen LogP contribution in [0.15, 0.2) is 21.1 Å². The molecule has 27 heavy (non-hydrogen) atoms. The highest BCUT2D eigenvalue weighted by atomic mass is 79.9. The predicted octanol–water partition coefficient (Wildman–Crippen LogP) is 5.98. The van der Waals surface area contributed by atoms with Crippen molar-refractivity contribution in [3.8, 4) is 5.75 Å². The van der Waals surface area contributed by atoms with Crippen molar-refractivity contribution < 1.29 is 9.90 Å². The number of phenolic OH excluding ortho intramolecular Hbond substituents is 1. The zero-order valence-electron chi connectivity index (χ0n) is 15.5. The van der Waals surface area contributed by atoms with Gasteiger partial charge in [0.05, 0.1) is 10.0 Å². The summed E-state index contributed by atoms with van der Waals surface area (Å²) in [5.74, 6) is 0.707. The molecule has 2 aromatic rings.